The van der Waals surface area contributed by atoms with Crippen LogP contribution in [0.25, 0.3) is 0 Å². The van der Waals surface area contributed by atoms with Crippen molar-refractivity contribution in [2.75, 3.05) is 13.7 Å². The third-order valence-electron chi connectivity index (χ3n) is 2.37. The van der Waals surface area contributed by atoms with Crippen molar-refractivity contribution >= 4 is 29.2 Å². The van der Waals surface area contributed by atoms with Crippen LogP contribution >= 0.6 is 23.2 Å². The molecule has 1 aromatic carbocycles. The fourth-order valence-corrected chi connectivity index (χ4v) is 2.11. The first kappa shape index (κ1) is 14.7. The van der Waals surface area contributed by atoms with Crippen LogP contribution in [-0.4, -0.2) is 24.5 Å². The summed E-state index contributed by atoms with van der Waals surface area (Å²) in [6, 6.07) is 4.64. The zero-order valence-electron chi connectivity index (χ0n) is 9.56. The number of esters is 1. The summed E-state index contributed by atoms with van der Waals surface area (Å²) >= 11 is 11.7. The molecule has 0 aliphatic heterocycles. The van der Waals surface area contributed by atoms with Crippen molar-refractivity contribution in [3.63, 3.8) is 0 Å². The van der Waals surface area contributed by atoms with Crippen LogP contribution in [0.1, 0.15) is 17.9 Å². The molecule has 0 spiro atoms. The first-order valence-electron chi connectivity index (χ1n) is 5.07. The molecule has 0 N–H and O–H groups in total. The average molecular weight is 292 g/mol. The maximum atomic E-state index is 11.2. The highest BCUT2D eigenvalue weighted by Gasteiger charge is 2.22. The lowest BCUT2D eigenvalue weighted by Gasteiger charge is -2.12. The van der Waals surface area contributed by atoms with Crippen LogP contribution in [0.5, 0.6) is 0 Å². The third-order valence-corrected chi connectivity index (χ3v) is 2.80. The number of nitro groups is 1. The van der Waals surface area contributed by atoms with Crippen molar-refractivity contribution < 1.29 is 14.5 Å². The number of rotatable bonds is 5. The van der Waals surface area contributed by atoms with Gasteiger partial charge in [0.2, 0.25) is 6.54 Å². The number of nitrogens with zero attached hydrogens (tertiary/aromatic N) is 1. The molecule has 0 heterocycles. The Hall–Kier alpha value is -1.33. The second-order valence-electron chi connectivity index (χ2n) is 3.70. The van der Waals surface area contributed by atoms with Gasteiger partial charge in [-0.3, -0.25) is 14.9 Å². The summed E-state index contributed by atoms with van der Waals surface area (Å²) < 4.78 is 4.52. The van der Waals surface area contributed by atoms with Crippen LogP contribution in [-0.2, 0) is 9.53 Å². The summed E-state index contributed by atoms with van der Waals surface area (Å²) in [7, 11) is 1.23. The van der Waals surface area contributed by atoms with Gasteiger partial charge >= 0.3 is 5.97 Å². The van der Waals surface area contributed by atoms with Gasteiger partial charge < -0.3 is 4.74 Å². The van der Waals surface area contributed by atoms with Crippen molar-refractivity contribution in [1.82, 2.24) is 0 Å². The molecule has 7 heteroatoms. The van der Waals surface area contributed by atoms with Gasteiger partial charge in [0.1, 0.15) is 0 Å². The highest BCUT2D eigenvalue weighted by molar-refractivity contribution is 6.34. The van der Waals surface area contributed by atoms with Gasteiger partial charge in [0, 0.05) is 15.0 Å². The number of benzene rings is 1. The predicted octanol–water partition coefficient (Wildman–Crippen LogP) is 2.92. The van der Waals surface area contributed by atoms with E-state index in [4.69, 9.17) is 23.2 Å². The van der Waals surface area contributed by atoms with E-state index in [-0.39, 0.29) is 13.0 Å². The van der Waals surface area contributed by atoms with Gasteiger partial charge in [0.05, 0.1) is 19.4 Å². The Morgan fingerprint density at radius 1 is 1.39 bits per heavy atom. The van der Waals surface area contributed by atoms with Gasteiger partial charge in [-0.1, -0.05) is 23.2 Å². The van der Waals surface area contributed by atoms with Gasteiger partial charge in [-0.05, 0) is 23.8 Å². The van der Waals surface area contributed by atoms with Crippen LogP contribution in [0.15, 0.2) is 18.2 Å². The Balaban J connectivity index is 3.00. The Morgan fingerprint density at radius 3 is 2.39 bits per heavy atom. The number of hydrogen-bond acceptors (Lipinski definition) is 4. The zero-order chi connectivity index (χ0) is 13.7. The number of hydrogen-bond donors (Lipinski definition) is 0. The van der Waals surface area contributed by atoms with E-state index < -0.39 is 16.8 Å². The molecule has 98 valence electrons. The molecule has 1 rings (SSSR count). The number of carbonyl (C=O) groups excluding carboxylic acids is 1. The van der Waals surface area contributed by atoms with Crippen LogP contribution in [0, 0.1) is 10.1 Å². The van der Waals surface area contributed by atoms with Gasteiger partial charge in [-0.2, -0.15) is 0 Å². The van der Waals surface area contributed by atoms with Gasteiger partial charge in [0.15, 0.2) is 0 Å². The van der Waals surface area contributed by atoms with Gasteiger partial charge in [-0.15, -0.1) is 0 Å². The smallest absolute Gasteiger partial charge is 0.306 e. The van der Waals surface area contributed by atoms with Gasteiger partial charge in [0.25, 0.3) is 0 Å². The van der Waals surface area contributed by atoms with Crippen molar-refractivity contribution in [2.45, 2.75) is 12.3 Å². The Labute approximate surface area is 114 Å². The molecule has 5 nitrogen and oxygen atoms in total. The highest BCUT2D eigenvalue weighted by Crippen LogP contribution is 2.27. The molecule has 0 aliphatic rings. The van der Waals surface area contributed by atoms with E-state index in [1.807, 2.05) is 0 Å². The maximum Gasteiger partial charge on any atom is 0.306 e. The number of carbonyl (C=O) groups is 1. The first-order valence-corrected chi connectivity index (χ1v) is 5.82. The van der Waals surface area contributed by atoms with Crippen LogP contribution in [0.4, 0.5) is 0 Å². The predicted molar refractivity (Wildman–Crippen MR) is 67.7 cm³/mol. The minimum Gasteiger partial charge on any atom is -0.469 e. The minimum atomic E-state index is -0.608. The first-order chi connectivity index (χ1) is 8.42. The quantitative estimate of drug-likeness (QED) is 0.475. The van der Waals surface area contributed by atoms with Crippen molar-refractivity contribution in [2.24, 2.45) is 0 Å². The number of halogens is 2. The molecular weight excluding hydrogens is 281 g/mol. The van der Waals surface area contributed by atoms with Crippen molar-refractivity contribution in [1.29, 1.82) is 0 Å². The molecule has 0 fully saturated rings. The van der Waals surface area contributed by atoms with Gasteiger partial charge in [-0.25, -0.2) is 0 Å². The largest absolute Gasteiger partial charge is 0.469 e. The van der Waals surface area contributed by atoms with E-state index in [2.05, 4.69) is 4.74 Å². The number of ether oxygens (including phenoxy) is 1. The van der Waals surface area contributed by atoms with E-state index in [1.165, 1.54) is 13.2 Å². The molecular formula is C11H11Cl2NO4. The Kier molecular flexibility index (Phi) is 5.37. The normalized spacial score (nSPS) is 11.9. The van der Waals surface area contributed by atoms with Crippen LogP contribution < -0.4 is 0 Å². The molecule has 0 amide bonds. The van der Waals surface area contributed by atoms with Crippen molar-refractivity contribution in [3.8, 4) is 0 Å². The second-order valence-corrected chi connectivity index (χ2v) is 4.57. The fourth-order valence-electron chi connectivity index (χ4n) is 1.56. The third kappa shape index (κ3) is 4.50. The van der Waals surface area contributed by atoms with E-state index >= 15 is 0 Å². The monoisotopic (exact) mass is 291 g/mol. The molecule has 1 atom stereocenters. The molecule has 0 unspecified atom stereocenters. The summed E-state index contributed by atoms with van der Waals surface area (Å²) in [6.07, 6.45) is -0.0891. The number of methoxy groups -OCH3 is 1. The Morgan fingerprint density at radius 2 is 1.94 bits per heavy atom. The Bertz CT molecular complexity index is 444. The summed E-state index contributed by atoms with van der Waals surface area (Å²) in [6.45, 7) is -0.383. The van der Waals surface area contributed by atoms with Crippen LogP contribution in [0.3, 0.4) is 0 Å². The lowest BCUT2D eigenvalue weighted by molar-refractivity contribution is -0.483. The summed E-state index contributed by atoms with van der Waals surface area (Å²) in [5, 5.41) is 11.4. The van der Waals surface area contributed by atoms with Crippen LogP contribution in [0.2, 0.25) is 10.0 Å². The zero-order valence-corrected chi connectivity index (χ0v) is 11.1. The van der Waals surface area contributed by atoms with E-state index in [1.54, 1.807) is 12.1 Å². The average Bonchev–Trinajstić information content (AvgIpc) is 2.26. The molecule has 1 aromatic rings. The van der Waals surface area contributed by atoms with E-state index in [0.29, 0.717) is 15.6 Å². The molecule has 0 aliphatic carbocycles. The SMILES string of the molecule is COC(=O)C[C@H](C[N+](=O)[O-])c1cc(Cl)cc(Cl)c1. The lowest BCUT2D eigenvalue weighted by Crippen LogP contribution is -2.17. The van der Waals surface area contributed by atoms with E-state index in [0.717, 1.165) is 0 Å². The molecule has 18 heavy (non-hydrogen) atoms. The minimum absolute atomic E-state index is 0.0891. The molecule has 0 saturated heterocycles. The molecule has 0 radical (unpaired) electrons. The summed E-state index contributed by atoms with van der Waals surface area (Å²) in [4.78, 5) is 21.4. The molecule has 0 bridgehead atoms. The lowest BCUT2D eigenvalue weighted by atomic mass is 9.96. The molecule has 0 saturated carbocycles. The second kappa shape index (κ2) is 6.56. The fraction of sp³-hybridized carbons (Fsp3) is 0.364. The highest BCUT2D eigenvalue weighted by atomic mass is 35.5. The standard InChI is InChI=1S/C11H11Cl2NO4/c1-18-11(15)4-8(6-14(16)17)7-2-9(12)5-10(13)3-7/h2-3,5,8H,4,6H2,1H3/t8-/m1/s1. The van der Waals surface area contributed by atoms with E-state index in [9.17, 15) is 14.9 Å². The summed E-state index contributed by atoms with van der Waals surface area (Å²) in [5.74, 6) is -1.12. The molecule has 0 aromatic heterocycles. The topological polar surface area (TPSA) is 69.4 Å². The summed E-state index contributed by atoms with van der Waals surface area (Å²) in [5.41, 5.74) is 0.551. The maximum absolute atomic E-state index is 11.2. The van der Waals surface area contributed by atoms with Crippen molar-refractivity contribution in [3.05, 3.63) is 43.9 Å².